The highest BCUT2D eigenvalue weighted by Crippen LogP contribution is 2.44. The van der Waals surface area contributed by atoms with Crippen molar-refractivity contribution in [1.82, 2.24) is 4.90 Å². The predicted molar refractivity (Wildman–Crippen MR) is 75.5 cm³/mol. The topological polar surface area (TPSA) is 23.5 Å². The van der Waals surface area contributed by atoms with Crippen LogP contribution in [-0.2, 0) is 0 Å². The molecule has 0 aromatic heterocycles. The molecule has 106 valence electrons. The third-order valence-electron chi connectivity index (χ3n) is 4.56. The summed E-state index contributed by atoms with van der Waals surface area (Å²) >= 11 is 0. The molecule has 1 fully saturated rings. The van der Waals surface area contributed by atoms with E-state index in [1.54, 1.807) is 12.1 Å². The summed E-state index contributed by atoms with van der Waals surface area (Å²) in [5, 5.41) is 10.8. The van der Waals surface area contributed by atoms with Gasteiger partial charge in [0.2, 0.25) is 0 Å². The van der Waals surface area contributed by atoms with Crippen molar-refractivity contribution in [2.24, 2.45) is 0 Å². The zero-order valence-corrected chi connectivity index (χ0v) is 11.9. The van der Waals surface area contributed by atoms with Gasteiger partial charge in [0, 0.05) is 0 Å². The fourth-order valence-electron chi connectivity index (χ4n) is 3.56. The van der Waals surface area contributed by atoms with E-state index in [-0.39, 0.29) is 11.4 Å². The highest BCUT2D eigenvalue weighted by molar-refractivity contribution is 5.23. The molecule has 0 radical (unpaired) electrons. The Hall–Kier alpha value is -0.930. The maximum Gasteiger partial charge on any atom is 0.123 e. The maximum absolute atomic E-state index is 13.0. The van der Waals surface area contributed by atoms with Crippen LogP contribution in [0.15, 0.2) is 24.3 Å². The molecule has 1 aliphatic rings. The molecule has 0 bridgehead atoms. The number of aliphatic hydroxyl groups excluding tert-OH is 1. The molecular formula is C16H24FNO. The fourth-order valence-corrected chi connectivity index (χ4v) is 3.56. The average molecular weight is 265 g/mol. The van der Waals surface area contributed by atoms with Crippen LogP contribution >= 0.6 is 0 Å². The van der Waals surface area contributed by atoms with E-state index in [1.807, 2.05) is 0 Å². The van der Waals surface area contributed by atoms with Crippen molar-refractivity contribution < 1.29 is 9.50 Å². The quantitative estimate of drug-likeness (QED) is 0.880. The normalized spacial score (nSPS) is 19.8. The molecule has 0 heterocycles. The van der Waals surface area contributed by atoms with Crippen LogP contribution < -0.4 is 0 Å². The van der Waals surface area contributed by atoms with E-state index >= 15 is 0 Å². The van der Waals surface area contributed by atoms with Crippen LogP contribution in [0.3, 0.4) is 0 Å². The smallest absolute Gasteiger partial charge is 0.123 e. The van der Waals surface area contributed by atoms with Gasteiger partial charge in [-0.15, -0.1) is 0 Å². The number of hydrogen-bond acceptors (Lipinski definition) is 2. The van der Waals surface area contributed by atoms with Crippen molar-refractivity contribution in [3.8, 4) is 0 Å². The minimum atomic E-state index is -0.532. The van der Waals surface area contributed by atoms with Crippen LogP contribution in [0.2, 0.25) is 0 Å². The summed E-state index contributed by atoms with van der Waals surface area (Å²) in [4.78, 5) is 2.37. The van der Waals surface area contributed by atoms with Gasteiger partial charge in [-0.2, -0.15) is 0 Å². The summed E-state index contributed by atoms with van der Waals surface area (Å²) in [5.74, 6) is -0.251. The Morgan fingerprint density at radius 3 is 2.16 bits per heavy atom. The lowest BCUT2D eigenvalue weighted by Crippen LogP contribution is -2.51. The molecule has 0 spiro atoms. The van der Waals surface area contributed by atoms with Gasteiger partial charge in [-0.05, 0) is 43.6 Å². The second-order valence-corrected chi connectivity index (χ2v) is 5.44. The van der Waals surface area contributed by atoms with E-state index in [1.165, 1.54) is 12.1 Å². The van der Waals surface area contributed by atoms with Crippen molar-refractivity contribution in [2.75, 3.05) is 13.1 Å². The predicted octanol–water partition coefficient (Wildman–Crippen LogP) is 3.51. The van der Waals surface area contributed by atoms with Gasteiger partial charge in [0.25, 0.3) is 0 Å². The van der Waals surface area contributed by atoms with Gasteiger partial charge in [0.1, 0.15) is 5.82 Å². The van der Waals surface area contributed by atoms with Crippen molar-refractivity contribution >= 4 is 0 Å². The Kier molecular flexibility index (Phi) is 4.58. The summed E-state index contributed by atoms with van der Waals surface area (Å²) < 4.78 is 13.0. The van der Waals surface area contributed by atoms with Gasteiger partial charge in [-0.1, -0.05) is 38.8 Å². The average Bonchev–Trinajstić information content (AvgIpc) is 2.91. The van der Waals surface area contributed by atoms with Crippen LogP contribution in [0.1, 0.15) is 51.2 Å². The molecule has 1 aromatic rings. The first-order valence-electron chi connectivity index (χ1n) is 7.32. The Morgan fingerprint density at radius 1 is 1.16 bits per heavy atom. The molecule has 1 aliphatic carbocycles. The molecule has 1 atom stereocenters. The van der Waals surface area contributed by atoms with Crippen molar-refractivity contribution in [1.29, 1.82) is 0 Å². The number of likely N-dealkylation sites (N-methyl/N-ethyl adjacent to an activating group) is 1. The third-order valence-corrected chi connectivity index (χ3v) is 4.56. The van der Waals surface area contributed by atoms with E-state index in [0.717, 1.165) is 44.3 Å². The van der Waals surface area contributed by atoms with E-state index in [0.29, 0.717) is 0 Å². The standard InChI is InChI=1S/C16H24FNO/c1-3-18(4-2)16(11-5-6-12-16)15(19)13-7-9-14(17)10-8-13/h7-10,15,19H,3-6,11-12H2,1-2H3. The molecule has 0 saturated heterocycles. The number of nitrogens with zero attached hydrogens (tertiary/aromatic N) is 1. The van der Waals surface area contributed by atoms with Crippen molar-refractivity contribution in [3.63, 3.8) is 0 Å². The van der Waals surface area contributed by atoms with Crippen LogP contribution in [0.25, 0.3) is 0 Å². The van der Waals surface area contributed by atoms with Crippen LogP contribution in [0, 0.1) is 5.82 Å². The lowest BCUT2D eigenvalue weighted by molar-refractivity contribution is -0.0269. The van der Waals surface area contributed by atoms with E-state index < -0.39 is 6.10 Å². The first kappa shape index (κ1) is 14.5. The first-order chi connectivity index (χ1) is 9.14. The number of rotatable bonds is 5. The summed E-state index contributed by atoms with van der Waals surface area (Å²) in [7, 11) is 0. The van der Waals surface area contributed by atoms with Crippen molar-refractivity contribution in [3.05, 3.63) is 35.6 Å². The Balaban J connectivity index is 2.30. The number of hydrogen-bond donors (Lipinski definition) is 1. The molecule has 1 unspecified atom stereocenters. The molecule has 2 nitrogen and oxygen atoms in total. The first-order valence-corrected chi connectivity index (χ1v) is 7.32. The Bertz CT molecular complexity index is 394. The Labute approximate surface area is 115 Å². The number of aliphatic hydroxyl groups is 1. The molecule has 3 heteroatoms. The third kappa shape index (κ3) is 2.67. The van der Waals surface area contributed by atoms with Gasteiger partial charge < -0.3 is 5.11 Å². The second kappa shape index (κ2) is 6.02. The lowest BCUT2D eigenvalue weighted by Gasteiger charge is -2.44. The van der Waals surface area contributed by atoms with Crippen LogP contribution in [-0.4, -0.2) is 28.6 Å². The van der Waals surface area contributed by atoms with Crippen LogP contribution in [0.5, 0.6) is 0 Å². The van der Waals surface area contributed by atoms with Gasteiger partial charge in [-0.3, -0.25) is 4.90 Å². The van der Waals surface area contributed by atoms with Crippen molar-refractivity contribution in [2.45, 2.75) is 51.2 Å². The fraction of sp³-hybridized carbons (Fsp3) is 0.625. The van der Waals surface area contributed by atoms with E-state index in [4.69, 9.17) is 0 Å². The van der Waals surface area contributed by atoms with E-state index in [9.17, 15) is 9.50 Å². The van der Waals surface area contributed by atoms with Gasteiger partial charge in [0.15, 0.2) is 0 Å². The minimum absolute atomic E-state index is 0.165. The molecule has 1 aromatic carbocycles. The molecule has 19 heavy (non-hydrogen) atoms. The molecule has 1 N–H and O–H groups in total. The zero-order chi connectivity index (χ0) is 13.9. The minimum Gasteiger partial charge on any atom is -0.386 e. The van der Waals surface area contributed by atoms with Gasteiger partial charge in [-0.25, -0.2) is 4.39 Å². The SMILES string of the molecule is CCN(CC)C1(C(O)c2ccc(F)cc2)CCCC1. The van der Waals surface area contributed by atoms with Gasteiger partial charge in [0.05, 0.1) is 11.6 Å². The molecule has 1 saturated carbocycles. The lowest BCUT2D eigenvalue weighted by atomic mass is 9.84. The maximum atomic E-state index is 13.0. The molecule has 2 rings (SSSR count). The zero-order valence-electron chi connectivity index (χ0n) is 11.9. The van der Waals surface area contributed by atoms with E-state index in [2.05, 4.69) is 18.7 Å². The molecular weight excluding hydrogens is 241 g/mol. The summed E-state index contributed by atoms with van der Waals surface area (Å²) in [6.07, 6.45) is 3.83. The summed E-state index contributed by atoms with van der Waals surface area (Å²) in [6, 6.07) is 6.29. The largest absolute Gasteiger partial charge is 0.386 e. The summed E-state index contributed by atoms with van der Waals surface area (Å²) in [6.45, 7) is 6.16. The monoisotopic (exact) mass is 265 g/mol. The number of halogens is 1. The Morgan fingerprint density at radius 2 is 1.68 bits per heavy atom. The van der Waals surface area contributed by atoms with Crippen LogP contribution in [0.4, 0.5) is 4.39 Å². The molecule has 0 amide bonds. The van der Waals surface area contributed by atoms with Gasteiger partial charge >= 0.3 is 0 Å². The molecule has 0 aliphatic heterocycles. The highest BCUT2D eigenvalue weighted by Gasteiger charge is 2.44. The second-order valence-electron chi connectivity index (χ2n) is 5.44. The summed E-state index contributed by atoms with van der Waals surface area (Å²) in [5.41, 5.74) is 0.664. The highest BCUT2D eigenvalue weighted by atomic mass is 19.1. The number of benzene rings is 1.